The van der Waals surface area contributed by atoms with Crippen LogP contribution in [0.15, 0.2) is 5.16 Å². The minimum atomic E-state index is 0.167. The van der Waals surface area contributed by atoms with Gasteiger partial charge >= 0.3 is 0 Å². The van der Waals surface area contributed by atoms with Gasteiger partial charge in [0.2, 0.25) is 0 Å². The van der Waals surface area contributed by atoms with Crippen molar-refractivity contribution in [3.05, 3.63) is 0 Å². The van der Waals surface area contributed by atoms with Crippen molar-refractivity contribution >= 4 is 11.5 Å². The number of oxime groups is 1. The van der Waals surface area contributed by atoms with Crippen LogP contribution in [0.25, 0.3) is 0 Å². The molecule has 10 heavy (non-hydrogen) atoms. The lowest BCUT2D eigenvalue weighted by molar-refractivity contribution is -0.114. The van der Waals surface area contributed by atoms with Crippen LogP contribution in [0.4, 0.5) is 0 Å². The Kier molecular flexibility index (Phi) is 9.67. The molecule has 0 aliphatic carbocycles. The van der Waals surface area contributed by atoms with E-state index in [1.54, 1.807) is 6.92 Å². The highest BCUT2D eigenvalue weighted by Gasteiger charge is 1.77. The third-order valence-electron chi connectivity index (χ3n) is 0.682. The van der Waals surface area contributed by atoms with E-state index in [1.807, 2.05) is 6.92 Å². The van der Waals surface area contributed by atoms with E-state index in [9.17, 15) is 4.79 Å². The number of hydrogen-bond acceptors (Lipinski definition) is 3. The highest BCUT2D eigenvalue weighted by molar-refractivity contribution is 5.80. The van der Waals surface area contributed by atoms with Gasteiger partial charge in [-0.1, -0.05) is 12.1 Å². The fourth-order valence-electron chi connectivity index (χ4n) is 0.0707. The molecule has 0 fully saturated rings. The number of ketones is 1. The third kappa shape index (κ3) is 27.3. The molecule has 0 unspecified atom stereocenters. The van der Waals surface area contributed by atoms with Crippen LogP contribution >= 0.6 is 0 Å². The van der Waals surface area contributed by atoms with Gasteiger partial charge in [-0.25, -0.2) is 0 Å². The van der Waals surface area contributed by atoms with Gasteiger partial charge in [-0.3, -0.25) is 0 Å². The maximum atomic E-state index is 9.44. The second-order valence-corrected chi connectivity index (χ2v) is 2.10. The van der Waals surface area contributed by atoms with Crippen molar-refractivity contribution in [2.24, 2.45) is 5.16 Å². The topological polar surface area (TPSA) is 49.7 Å². The number of hydrogen-bond donors (Lipinski definition) is 1. The molecular formula is C7H15NO2. The quantitative estimate of drug-likeness (QED) is 0.347. The standard InChI is InChI=1S/C4H9NO.C3H6O/c1-3-4(2)5-6;1-3(2)4/h6H,3H2,1-2H3;1-2H3. The molecule has 0 aromatic heterocycles. The van der Waals surface area contributed by atoms with Gasteiger partial charge < -0.3 is 10.0 Å². The molecule has 60 valence electrons. The van der Waals surface area contributed by atoms with Gasteiger partial charge in [0.25, 0.3) is 0 Å². The summed E-state index contributed by atoms with van der Waals surface area (Å²) in [4.78, 5) is 9.44. The van der Waals surface area contributed by atoms with E-state index in [-0.39, 0.29) is 5.78 Å². The third-order valence-corrected chi connectivity index (χ3v) is 0.682. The Morgan fingerprint density at radius 3 is 1.70 bits per heavy atom. The largest absolute Gasteiger partial charge is 0.411 e. The van der Waals surface area contributed by atoms with E-state index in [0.717, 1.165) is 12.1 Å². The number of carbonyl (C=O) groups excluding carboxylic acids is 1. The Balaban J connectivity index is 0. The van der Waals surface area contributed by atoms with Crippen LogP contribution in [0.2, 0.25) is 0 Å². The molecule has 3 nitrogen and oxygen atoms in total. The minimum Gasteiger partial charge on any atom is -0.411 e. The van der Waals surface area contributed by atoms with Gasteiger partial charge in [0, 0.05) is 0 Å². The lowest BCUT2D eigenvalue weighted by Gasteiger charge is -1.81. The van der Waals surface area contributed by atoms with E-state index >= 15 is 0 Å². The maximum Gasteiger partial charge on any atom is 0.126 e. The van der Waals surface area contributed by atoms with Gasteiger partial charge in [-0.15, -0.1) is 0 Å². The van der Waals surface area contributed by atoms with Crippen molar-refractivity contribution in [3.63, 3.8) is 0 Å². The highest BCUT2D eigenvalue weighted by Crippen LogP contribution is 1.78. The van der Waals surface area contributed by atoms with Crippen LogP contribution in [-0.2, 0) is 4.79 Å². The van der Waals surface area contributed by atoms with E-state index in [4.69, 9.17) is 5.21 Å². The molecule has 0 rings (SSSR count). The molecular weight excluding hydrogens is 130 g/mol. The van der Waals surface area contributed by atoms with Crippen LogP contribution in [0, 0.1) is 0 Å². The Labute approximate surface area is 61.7 Å². The Bertz CT molecular complexity index is 115. The van der Waals surface area contributed by atoms with Crippen LogP contribution in [-0.4, -0.2) is 16.7 Å². The normalized spacial score (nSPS) is 9.80. The van der Waals surface area contributed by atoms with E-state index in [0.29, 0.717) is 0 Å². The Morgan fingerprint density at radius 1 is 1.40 bits per heavy atom. The van der Waals surface area contributed by atoms with Crippen LogP contribution in [0.1, 0.15) is 34.1 Å². The molecule has 0 saturated carbocycles. The van der Waals surface area contributed by atoms with Crippen molar-refractivity contribution in [1.82, 2.24) is 0 Å². The molecule has 0 aromatic carbocycles. The summed E-state index contributed by atoms with van der Waals surface area (Å²) in [7, 11) is 0. The average Bonchev–Trinajstić information content (AvgIpc) is 1.85. The van der Waals surface area contributed by atoms with Crippen LogP contribution in [0.3, 0.4) is 0 Å². The molecule has 0 radical (unpaired) electrons. The lowest BCUT2D eigenvalue weighted by atomic mass is 10.3. The second kappa shape index (κ2) is 8.14. The fraction of sp³-hybridized carbons (Fsp3) is 0.714. The predicted octanol–water partition coefficient (Wildman–Crippen LogP) is 1.84. The molecule has 0 atom stereocenters. The second-order valence-electron chi connectivity index (χ2n) is 2.10. The molecule has 0 heterocycles. The molecule has 0 bridgehead atoms. The zero-order chi connectivity index (χ0) is 8.57. The fourth-order valence-corrected chi connectivity index (χ4v) is 0.0707. The first-order chi connectivity index (χ1) is 4.54. The molecule has 0 amide bonds. The van der Waals surface area contributed by atoms with E-state index < -0.39 is 0 Å². The Morgan fingerprint density at radius 2 is 1.70 bits per heavy atom. The summed E-state index contributed by atoms with van der Waals surface area (Å²) in [5, 5.41) is 10.8. The number of carbonyl (C=O) groups is 1. The average molecular weight is 145 g/mol. The summed E-state index contributed by atoms with van der Waals surface area (Å²) >= 11 is 0. The van der Waals surface area contributed by atoms with Gasteiger partial charge in [0.05, 0.1) is 5.71 Å². The van der Waals surface area contributed by atoms with Gasteiger partial charge in [-0.2, -0.15) is 0 Å². The smallest absolute Gasteiger partial charge is 0.126 e. The summed E-state index contributed by atoms with van der Waals surface area (Å²) in [5.74, 6) is 0.167. The van der Waals surface area contributed by atoms with Gasteiger partial charge in [-0.05, 0) is 27.2 Å². The first-order valence-corrected chi connectivity index (χ1v) is 3.19. The zero-order valence-corrected chi connectivity index (χ0v) is 7.01. The summed E-state index contributed by atoms with van der Waals surface area (Å²) in [6.45, 7) is 6.77. The monoisotopic (exact) mass is 145 g/mol. The summed E-state index contributed by atoms with van der Waals surface area (Å²) in [5.41, 5.74) is 0.773. The van der Waals surface area contributed by atoms with Crippen LogP contribution in [0.5, 0.6) is 0 Å². The van der Waals surface area contributed by atoms with Crippen molar-refractivity contribution in [3.8, 4) is 0 Å². The Hall–Kier alpha value is -0.860. The van der Waals surface area contributed by atoms with E-state index in [2.05, 4.69) is 5.16 Å². The zero-order valence-electron chi connectivity index (χ0n) is 7.01. The SMILES string of the molecule is CC(C)=O.CCC(C)=NO. The van der Waals surface area contributed by atoms with Crippen molar-refractivity contribution in [2.75, 3.05) is 0 Å². The molecule has 0 aliphatic rings. The molecule has 0 spiro atoms. The lowest BCUT2D eigenvalue weighted by Crippen LogP contribution is -1.83. The van der Waals surface area contributed by atoms with Crippen molar-refractivity contribution < 1.29 is 10.0 Å². The minimum absolute atomic E-state index is 0.167. The summed E-state index contributed by atoms with van der Waals surface area (Å²) < 4.78 is 0. The molecule has 1 N–H and O–H groups in total. The van der Waals surface area contributed by atoms with Gasteiger partial charge in [0.1, 0.15) is 5.78 Å². The van der Waals surface area contributed by atoms with Crippen molar-refractivity contribution in [2.45, 2.75) is 34.1 Å². The molecule has 0 aliphatic heterocycles. The highest BCUT2D eigenvalue weighted by atomic mass is 16.4. The number of Topliss-reactive ketones (excluding diaryl/α,β-unsaturated/α-hetero) is 1. The van der Waals surface area contributed by atoms with E-state index in [1.165, 1.54) is 13.8 Å². The molecule has 0 saturated heterocycles. The molecule has 0 aromatic rings. The molecule has 3 heteroatoms. The number of rotatable bonds is 1. The van der Waals surface area contributed by atoms with Crippen molar-refractivity contribution in [1.29, 1.82) is 0 Å². The summed E-state index contributed by atoms with van der Waals surface area (Å²) in [6, 6.07) is 0. The number of nitrogens with zero attached hydrogens (tertiary/aromatic N) is 1. The maximum absolute atomic E-state index is 9.44. The first kappa shape index (κ1) is 11.9. The summed E-state index contributed by atoms with van der Waals surface area (Å²) in [6.07, 6.45) is 0.830. The van der Waals surface area contributed by atoms with Gasteiger partial charge in [0.15, 0.2) is 0 Å². The first-order valence-electron chi connectivity index (χ1n) is 3.19. The van der Waals surface area contributed by atoms with Crippen LogP contribution < -0.4 is 0 Å². The predicted molar refractivity (Wildman–Crippen MR) is 41.5 cm³/mol.